The van der Waals surface area contributed by atoms with Crippen LogP contribution in [0.2, 0.25) is 0 Å². The summed E-state index contributed by atoms with van der Waals surface area (Å²) in [5, 5.41) is 0. The molecule has 4 heteroatoms. The minimum Gasteiger partial charge on any atom is -0.497 e. The van der Waals surface area contributed by atoms with Crippen molar-refractivity contribution in [2.24, 2.45) is 0 Å². The first-order valence-corrected chi connectivity index (χ1v) is 6.50. The van der Waals surface area contributed by atoms with Crippen molar-refractivity contribution >= 4 is 5.91 Å². The molecular formula is C16H19NO3. The fraction of sp³-hybridized carbons (Fsp3) is 0.312. The number of methoxy groups -OCH3 is 1. The lowest BCUT2D eigenvalue weighted by Gasteiger charge is -2.15. The van der Waals surface area contributed by atoms with Gasteiger partial charge in [-0.15, -0.1) is 0 Å². The summed E-state index contributed by atoms with van der Waals surface area (Å²) in [6.07, 6.45) is 0.375. The number of rotatable bonds is 5. The predicted octanol–water partition coefficient (Wildman–Crippen LogP) is 2.80. The summed E-state index contributed by atoms with van der Waals surface area (Å²) in [6, 6.07) is 11.3. The van der Waals surface area contributed by atoms with Crippen LogP contribution in [0.15, 0.2) is 40.8 Å². The molecule has 1 aromatic heterocycles. The third-order valence-electron chi connectivity index (χ3n) is 3.13. The Balaban J connectivity index is 1.93. The van der Waals surface area contributed by atoms with Gasteiger partial charge in [0.1, 0.15) is 17.3 Å². The molecular weight excluding hydrogens is 254 g/mol. The van der Waals surface area contributed by atoms with E-state index in [1.165, 1.54) is 0 Å². The predicted molar refractivity (Wildman–Crippen MR) is 76.6 cm³/mol. The molecule has 1 heterocycles. The normalized spacial score (nSPS) is 10.3. The standard InChI is InChI=1S/C16H19NO3/c1-12-4-7-15(20-12)11-17(2)16(18)10-13-5-8-14(19-3)9-6-13/h4-9H,10-11H2,1-3H3. The average Bonchev–Trinajstić information content (AvgIpc) is 2.85. The van der Waals surface area contributed by atoms with Crippen LogP contribution in [0.5, 0.6) is 5.75 Å². The summed E-state index contributed by atoms with van der Waals surface area (Å²) >= 11 is 0. The Kier molecular flexibility index (Phi) is 4.45. The molecule has 0 N–H and O–H groups in total. The smallest absolute Gasteiger partial charge is 0.227 e. The van der Waals surface area contributed by atoms with Gasteiger partial charge in [-0.2, -0.15) is 0 Å². The van der Waals surface area contributed by atoms with E-state index in [4.69, 9.17) is 9.15 Å². The monoisotopic (exact) mass is 273 g/mol. The van der Waals surface area contributed by atoms with Gasteiger partial charge in [0, 0.05) is 7.05 Å². The van der Waals surface area contributed by atoms with Gasteiger partial charge in [0.15, 0.2) is 0 Å². The first kappa shape index (κ1) is 14.2. The van der Waals surface area contributed by atoms with Crippen molar-refractivity contribution < 1.29 is 13.9 Å². The van der Waals surface area contributed by atoms with Crippen molar-refractivity contribution in [2.75, 3.05) is 14.2 Å². The average molecular weight is 273 g/mol. The molecule has 0 radical (unpaired) electrons. The highest BCUT2D eigenvalue weighted by atomic mass is 16.5. The topological polar surface area (TPSA) is 42.7 Å². The van der Waals surface area contributed by atoms with Gasteiger partial charge >= 0.3 is 0 Å². The second-order valence-corrected chi connectivity index (χ2v) is 4.79. The van der Waals surface area contributed by atoms with Gasteiger partial charge in [-0.3, -0.25) is 4.79 Å². The van der Waals surface area contributed by atoms with Gasteiger partial charge in [-0.1, -0.05) is 12.1 Å². The first-order valence-electron chi connectivity index (χ1n) is 6.50. The summed E-state index contributed by atoms with van der Waals surface area (Å²) in [4.78, 5) is 13.8. The molecule has 0 unspecified atom stereocenters. The molecule has 0 saturated heterocycles. The number of hydrogen-bond acceptors (Lipinski definition) is 3. The zero-order valence-electron chi connectivity index (χ0n) is 12.1. The lowest BCUT2D eigenvalue weighted by molar-refractivity contribution is -0.129. The molecule has 2 aromatic rings. The van der Waals surface area contributed by atoms with E-state index in [2.05, 4.69) is 0 Å². The van der Waals surface area contributed by atoms with E-state index in [9.17, 15) is 4.79 Å². The molecule has 0 fully saturated rings. The van der Waals surface area contributed by atoms with Crippen LogP contribution in [0, 0.1) is 6.92 Å². The summed E-state index contributed by atoms with van der Waals surface area (Å²) in [7, 11) is 3.41. The Bertz CT molecular complexity index is 572. The Labute approximate surface area is 119 Å². The van der Waals surface area contributed by atoms with E-state index < -0.39 is 0 Å². The highest BCUT2D eigenvalue weighted by Gasteiger charge is 2.12. The molecule has 106 valence electrons. The number of hydrogen-bond donors (Lipinski definition) is 0. The minimum absolute atomic E-state index is 0.0595. The molecule has 4 nitrogen and oxygen atoms in total. The molecule has 0 aliphatic rings. The fourth-order valence-electron chi connectivity index (χ4n) is 1.95. The summed E-state index contributed by atoms with van der Waals surface area (Å²) < 4.78 is 10.6. The quantitative estimate of drug-likeness (QED) is 0.841. The molecule has 2 rings (SSSR count). The number of benzene rings is 1. The van der Waals surface area contributed by atoms with Crippen LogP contribution in [-0.2, 0) is 17.8 Å². The number of amides is 1. The third-order valence-corrected chi connectivity index (χ3v) is 3.13. The van der Waals surface area contributed by atoms with Crippen LogP contribution >= 0.6 is 0 Å². The number of carbonyl (C=O) groups excluding carboxylic acids is 1. The molecule has 1 aromatic carbocycles. The van der Waals surface area contributed by atoms with E-state index in [0.29, 0.717) is 13.0 Å². The molecule has 0 aliphatic carbocycles. The van der Waals surface area contributed by atoms with E-state index >= 15 is 0 Å². The Hall–Kier alpha value is -2.23. The maximum absolute atomic E-state index is 12.1. The molecule has 0 aliphatic heterocycles. The highest BCUT2D eigenvalue weighted by Crippen LogP contribution is 2.13. The van der Waals surface area contributed by atoms with E-state index in [1.807, 2.05) is 43.3 Å². The van der Waals surface area contributed by atoms with Crippen molar-refractivity contribution in [2.45, 2.75) is 19.9 Å². The lowest BCUT2D eigenvalue weighted by Crippen LogP contribution is -2.27. The molecule has 0 atom stereocenters. The summed E-state index contributed by atoms with van der Waals surface area (Å²) in [5.41, 5.74) is 0.971. The highest BCUT2D eigenvalue weighted by molar-refractivity contribution is 5.78. The van der Waals surface area contributed by atoms with Crippen molar-refractivity contribution in [1.82, 2.24) is 4.90 Å². The lowest BCUT2D eigenvalue weighted by atomic mass is 10.1. The van der Waals surface area contributed by atoms with Crippen LogP contribution < -0.4 is 4.74 Å². The largest absolute Gasteiger partial charge is 0.497 e. The van der Waals surface area contributed by atoms with Gasteiger partial charge in [0.05, 0.1) is 20.1 Å². The van der Waals surface area contributed by atoms with Crippen LogP contribution in [0.25, 0.3) is 0 Å². The molecule has 1 amide bonds. The van der Waals surface area contributed by atoms with Crippen LogP contribution in [-0.4, -0.2) is 25.0 Å². The zero-order chi connectivity index (χ0) is 14.5. The zero-order valence-corrected chi connectivity index (χ0v) is 12.1. The summed E-state index contributed by atoms with van der Waals surface area (Å²) in [6.45, 7) is 2.38. The fourth-order valence-corrected chi connectivity index (χ4v) is 1.95. The molecule has 0 bridgehead atoms. The van der Waals surface area contributed by atoms with Crippen LogP contribution in [0.1, 0.15) is 17.1 Å². The first-order chi connectivity index (χ1) is 9.58. The molecule has 0 saturated carbocycles. The van der Waals surface area contributed by atoms with Gasteiger partial charge in [0.2, 0.25) is 5.91 Å². The number of furan rings is 1. The second-order valence-electron chi connectivity index (χ2n) is 4.79. The van der Waals surface area contributed by atoms with Gasteiger partial charge in [0.25, 0.3) is 0 Å². The maximum Gasteiger partial charge on any atom is 0.227 e. The van der Waals surface area contributed by atoms with E-state index in [0.717, 1.165) is 22.8 Å². The van der Waals surface area contributed by atoms with Crippen molar-refractivity contribution in [3.05, 3.63) is 53.5 Å². The van der Waals surface area contributed by atoms with Crippen molar-refractivity contribution in [1.29, 1.82) is 0 Å². The number of ether oxygens (including phenoxy) is 1. The minimum atomic E-state index is 0.0595. The number of carbonyl (C=O) groups is 1. The van der Waals surface area contributed by atoms with Gasteiger partial charge < -0.3 is 14.1 Å². The van der Waals surface area contributed by atoms with E-state index in [-0.39, 0.29) is 5.91 Å². The number of likely N-dealkylation sites (N-methyl/N-ethyl adjacent to an activating group) is 1. The Morgan fingerprint density at radius 1 is 1.20 bits per heavy atom. The number of nitrogens with zero attached hydrogens (tertiary/aromatic N) is 1. The van der Waals surface area contributed by atoms with Crippen LogP contribution in [0.3, 0.4) is 0 Å². The molecule has 20 heavy (non-hydrogen) atoms. The second kappa shape index (κ2) is 6.28. The Morgan fingerprint density at radius 3 is 2.45 bits per heavy atom. The van der Waals surface area contributed by atoms with Crippen molar-refractivity contribution in [3.8, 4) is 5.75 Å². The van der Waals surface area contributed by atoms with Gasteiger partial charge in [-0.25, -0.2) is 0 Å². The van der Waals surface area contributed by atoms with E-state index in [1.54, 1.807) is 19.1 Å². The summed E-state index contributed by atoms with van der Waals surface area (Å²) in [5.74, 6) is 2.51. The van der Waals surface area contributed by atoms with Gasteiger partial charge in [-0.05, 0) is 36.8 Å². The number of aryl methyl sites for hydroxylation is 1. The molecule has 0 spiro atoms. The van der Waals surface area contributed by atoms with Crippen LogP contribution in [0.4, 0.5) is 0 Å². The van der Waals surface area contributed by atoms with Crippen molar-refractivity contribution in [3.63, 3.8) is 0 Å². The Morgan fingerprint density at radius 2 is 1.90 bits per heavy atom. The maximum atomic E-state index is 12.1. The SMILES string of the molecule is COc1ccc(CC(=O)N(C)Cc2ccc(C)o2)cc1. The third kappa shape index (κ3) is 3.63.